The second kappa shape index (κ2) is 1.90. The zero-order valence-electron chi connectivity index (χ0n) is 5.38. The minimum absolute atomic E-state index is 0.978. The van der Waals surface area contributed by atoms with E-state index in [1.807, 2.05) is 12.3 Å². The van der Waals surface area contributed by atoms with Crippen molar-refractivity contribution in [1.82, 2.24) is 4.57 Å². The molecule has 1 heterocycles. The van der Waals surface area contributed by atoms with Gasteiger partial charge in [0, 0.05) is 25.0 Å². The highest BCUT2D eigenvalue weighted by Crippen LogP contribution is 2.30. The SMILES string of the molecule is [c]1ccn(CC2CC2)c1. The van der Waals surface area contributed by atoms with Crippen molar-refractivity contribution in [3.8, 4) is 0 Å². The number of hydrogen-bond acceptors (Lipinski definition) is 0. The third kappa shape index (κ3) is 1.15. The first kappa shape index (κ1) is 5.10. The number of rotatable bonds is 2. The Hall–Kier alpha value is -0.720. The highest BCUT2D eigenvalue weighted by Gasteiger charge is 2.20. The Bertz CT molecular complexity index is 172. The van der Waals surface area contributed by atoms with Crippen LogP contribution in [0.4, 0.5) is 0 Å². The summed E-state index contributed by atoms with van der Waals surface area (Å²) in [5.41, 5.74) is 0. The van der Waals surface area contributed by atoms with Crippen LogP contribution in [0.15, 0.2) is 18.5 Å². The quantitative estimate of drug-likeness (QED) is 0.559. The minimum Gasteiger partial charge on any atom is -0.353 e. The lowest BCUT2D eigenvalue weighted by molar-refractivity contribution is 0.630. The summed E-state index contributed by atoms with van der Waals surface area (Å²) in [5.74, 6) is 0.978. The van der Waals surface area contributed by atoms with Gasteiger partial charge in [-0.3, -0.25) is 0 Å². The summed E-state index contributed by atoms with van der Waals surface area (Å²) in [7, 11) is 0. The van der Waals surface area contributed by atoms with Crippen molar-refractivity contribution in [2.45, 2.75) is 19.4 Å². The van der Waals surface area contributed by atoms with Gasteiger partial charge >= 0.3 is 0 Å². The second-order valence-corrected chi connectivity index (χ2v) is 2.75. The predicted molar refractivity (Wildman–Crippen MR) is 36.0 cm³/mol. The van der Waals surface area contributed by atoms with Crippen LogP contribution in [0.5, 0.6) is 0 Å². The van der Waals surface area contributed by atoms with Gasteiger partial charge in [-0.15, -0.1) is 0 Å². The molecule has 0 aliphatic heterocycles. The molecule has 1 aromatic rings. The van der Waals surface area contributed by atoms with Crippen molar-refractivity contribution < 1.29 is 0 Å². The first-order valence-corrected chi connectivity index (χ1v) is 3.47. The third-order valence-corrected chi connectivity index (χ3v) is 1.77. The van der Waals surface area contributed by atoms with Gasteiger partial charge in [0.2, 0.25) is 0 Å². The highest BCUT2D eigenvalue weighted by atomic mass is 14.9. The molecule has 1 aliphatic carbocycles. The molecular formula is C8H10N. The molecule has 1 fully saturated rings. The van der Waals surface area contributed by atoms with Gasteiger partial charge in [-0.1, -0.05) is 0 Å². The van der Waals surface area contributed by atoms with Crippen molar-refractivity contribution in [1.29, 1.82) is 0 Å². The topological polar surface area (TPSA) is 4.93 Å². The Morgan fingerprint density at radius 1 is 1.56 bits per heavy atom. The molecule has 1 saturated carbocycles. The zero-order chi connectivity index (χ0) is 6.10. The summed E-state index contributed by atoms with van der Waals surface area (Å²) in [6, 6.07) is 4.99. The first-order valence-electron chi connectivity index (χ1n) is 3.47. The van der Waals surface area contributed by atoms with Crippen molar-refractivity contribution >= 4 is 0 Å². The first-order chi connectivity index (χ1) is 4.45. The zero-order valence-corrected chi connectivity index (χ0v) is 5.38. The molecule has 2 rings (SSSR count). The maximum Gasteiger partial charge on any atom is 0.0248 e. The number of nitrogens with zero attached hydrogens (tertiary/aromatic N) is 1. The largest absolute Gasteiger partial charge is 0.353 e. The van der Waals surface area contributed by atoms with Crippen LogP contribution in [0.2, 0.25) is 0 Å². The highest BCUT2D eigenvalue weighted by molar-refractivity contribution is 4.89. The molecule has 9 heavy (non-hydrogen) atoms. The summed E-state index contributed by atoms with van der Waals surface area (Å²) >= 11 is 0. The van der Waals surface area contributed by atoms with E-state index in [-0.39, 0.29) is 0 Å². The molecule has 0 saturated heterocycles. The molecule has 0 unspecified atom stereocenters. The Morgan fingerprint density at radius 3 is 3.00 bits per heavy atom. The van der Waals surface area contributed by atoms with Gasteiger partial charge in [0.1, 0.15) is 0 Å². The molecule has 1 aliphatic rings. The van der Waals surface area contributed by atoms with Crippen LogP contribution in [-0.2, 0) is 6.54 Å². The Labute approximate surface area is 55.3 Å². The summed E-state index contributed by atoms with van der Waals surface area (Å²) in [6.07, 6.45) is 6.95. The summed E-state index contributed by atoms with van der Waals surface area (Å²) in [6.45, 7) is 1.21. The lowest BCUT2D eigenvalue weighted by Gasteiger charge is -1.96. The predicted octanol–water partition coefficient (Wildman–Crippen LogP) is 1.70. The lowest BCUT2D eigenvalue weighted by Crippen LogP contribution is -1.94. The van der Waals surface area contributed by atoms with E-state index in [4.69, 9.17) is 0 Å². The van der Waals surface area contributed by atoms with Crippen molar-refractivity contribution in [2.75, 3.05) is 0 Å². The molecule has 1 radical (unpaired) electrons. The fraction of sp³-hybridized carbons (Fsp3) is 0.500. The monoisotopic (exact) mass is 120 g/mol. The fourth-order valence-electron chi connectivity index (χ4n) is 1.03. The average molecular weight is 120 g/mol. The van der Waals surface area contributed by atoms with Gasteiger partial charge < -0.3 is 4.57 Å². The van der Waals surface area contributed by atoms with Gasteiger partial charge in [0.15, 0.2) is 0 Å². The molecule has 1 heteroatoms. The Morgan fingerprint density at radius 2 is 2.44 bits per heavy atom. The van der Waals surface area contributed by atoms with E-state index < -0.39 is 0 Å². The van der Waals surface area contributed by atoms with Crippen LogP contribution in [-0.4, -0.2) is 4.57 Å². The van der Waals surface area contributed by atoms with E-state index >= 15 is 0 Å². The van der Waals surface area contributed by atoms with Crippen LogP contribution in [0.25, 0.3) is 0 Å². The minimum atomic E-state index is 0.978. The van der Waals surface area contributed by atoms with E-state index in [9.17, 15) is 0 Å². The fourth-order valence-corrected chi connectivity index (χ4v) is 1.03. The summed E-state index contributed by atoms with van der Waals surface area (Å²) in [5, 5.41) is 0. The molecule has 1 aromatic heterocycles. The molecule has 0 amide bonds. The molecule has 1 nitrogen and oxygen atoms in total. The van der Waals surface area contributed by atoms with E-state index in [1.54, 1.807) is 0 Å². The average Bonchev–Trinajstić information content (AvgIpc) is 2.46. The van der Waals surface area contributed by atoms with E-state index in [1.165, 1.54) is 19.4 Å². The summed E-state index contributed by atoms with van der Waals surface area (Å²) in [4.78, 5) is 0. The number of aromatic nitrogens is 1. The maximum atomic E-state index is 3.03. The molecule has 47 valence electrons. The van der Waals surface area contributed by atoms with Crippen LogP contribution < -0.4 is 0 Å². The van der Waals surface area contributed by atoms with E-state index in [0.717, 1.165) is 5.92 Å². The van der Waals surface area contributed by atoms with Crippen molar-refractivity contribution in [2.24, 2.45) is 5.92 Å². The van der Waals surface area contributed by atoms with Gasteiger partial charge in [-0.25, -0.2) is 0 Å². The standard InChI is InChI=1S/C8H10N/c1-2-6-9(5-1)7-8-3-4-8/h1,5-6,8H,3-4,7H2. The third-order valence-electron chi connectivity index (χ3n) is 1.77. The smallest absolute Gasteiger partial charge is 0.0248 e. The Balaban J connectivity index is 1.99. The van der Waals surface area contributed by atoms with Crippen LogP contribution in [0.1, 0.15) is 12.8 Å². The maximum absolute atomic E-state index is 3.03. The molecule has 0 aromatic carbocycles. The normalized spacial score (nSPS) is 18.2. The van der Waals surface area contributed by atoms with Gasteiger partial charge in [-0.2, -0.15) is 0 Å². The van der Waals surface area contributed by atoms with E-state index in [2.05, 4.69) is 16.8 Å². The van der Waals surface area contributed by atoms with Gasteiger partial charge in [0.25, 0.3) is 0 Å². The summed E-state index contributed by atoms with van der Waals surface area (Å²) < 4.78 is 2.21. The molecule has 0 N–H and O–H groups in total. The lowest BCUT2D eigenvalue weighted by atomic mass is 10.4. The number of hydrogen-bond donors (Lipinski definition) is 0. The molecular weight excluding hydrogens is 110 g/mol. The van der Waals surface area contributed by atoms with Gasteiger partial charge in [-0.05, 0) is 24.8 Å². The molecule has 0 bridgehead atoms. The second-order valence-electron chi connectivity index (χ2n) is 2.75. The van der Waals surface area contributed by atoms with Crippen LogP contribution in [0, 0.1) is 12.0 Å². The molecule has 0 atom stereocenters. The Kier molecular flexibility index (Phi) is 1.08. The van der Waals surface area contributed by atoms with Crippen molar-refractivity contribution in [3.05, 3.63) is 24.5 Å². The van der Waals surface area contributed by atoms with Crippen LogP contribution in [0.3, 0.4) is 0 Å². The van der Waals surface area contributed by atoms with Gasteiger partial charge in [0.05, 0.1) is 0 Å². The van der Waals surface area contributed by atoms with Crippen LogP contribution >= 0.6 is 0 Å². The molecule has 0 spiro atoms. The van der Waals surface area contributed by atoms with E-state index in [0.29, 0.717) is 0 Å². The van der Waals surface area contributed by atoms with Crippen molar-refractivity contribution in [3.63, 3.8) is 0 Å².